The molecule has 0 aliphatic rings. The fourth-order valence-corrected chi connectivity index (χ4v) is 2.07. The number of nitrogens with zero attached hydrogens (tertiary/aromatic N) is 2. The van der Waals surface area contributed by atoms with Crippen LogP contribution in [0.3, 0.4) is 0 Å². The van der Waals surface area contributed by atoms with Crippen LogP contribution in [0.15, 0.2) is 34.9 Å². The van der Waals surface area contributed by atoms with E-state index >= 15 is 0 Å². The second kappa shape index (κ2) is 10.3. The van der Waals surface area contributed by atoms with Gasteiger partial charge in [0, 0.05) is 38.0 Å². The van der Waals surface area contributed by atoms with E-state index in [-0.39, 0.29) is 36.8 Å². The van der Waals surface area contributed by atoms with Crippen molar-refractivity contribution in [3.05, 3.63) is 41.9 Å². The molecule has 1 unspecified atom stereocenters. The van der Waals surface area contributed by atoms with Crippen molar-refractivity contribution in [1.82, 2.24) is 9.88 Å². The maximum absolute atomic E-state index is 12.0. The largest absolute Gasteiger partial charge is 0.441 e. The molecule has 5 nitrogen and oxygen atoms in total. The highest BCUT2D eigenvalue weighted by molar-refractivity contribution is 5.85. The van der Waals surface area contributed by atoms with Crippen LogP contribution in [0.4, 0.5) is 0 Å². The number of hydrogen-bond donors (Lipinski definition) is 1. The molecule has 1 aromatic heterocycles. The minimum atomic E-state index is 0. The van der Waals surface area contributed by atoms with Crippen molar-refractivity contribution >= 4 is 30.7 Å². The molecule has 134 valence electrons. The summed E-state index contributed by atoms with van der Waals surface area (Å²) in [4.78, 5) is 18.0. The maximum Gasteiger partial charge on any atom is 0.223 e. The van der Waals surface area contributed by atoms with E-state index in [1.807, 2.05) is 38.1 Å². The summed E-state index contributed by atoms with van der Waals surface area (Å²) in [5.74, 6) is 1.36. The van der Waals surface area contributed by atoms with Gasteiger partial charge in [0.15, 0.2) is 11.7 Å². The molecule has 1 heterocycles. The minimum absolute atomic E-state index is 0. The summed E-state index contributed by atoms with van der Waals surface area (Å²) in [6, 6.07) is 8.11. The highest BCUT2D eigenvalue weighted by atomic mass is 35.5. The van der Waals surface area contributed by atoms with Gasteiger partial charge in [-0.05, 0) is 13.8 Å². The monoisotopic (exact) mass is 373 g/mol. The van der Waals surface area contributed by atoms with Crippen molar-refractivity contribution < 1.29 is 9.21 Å². The van der Waals surface area contributed by atoms with Crippen LogP contribution >= 0.6 is 24.8 Å². The van der Waals surface area contributed by atoms with E-state index in [1.54, 1.807) is 18.1 Å². The molecule has 0 fully saturated rings. The van der Waals surface area contributed by atoms with Crippen LogP contribution in [0.5, 0.6) is 0 Å². The summed E-state index contributed by atoms with van der Waals surface area (Å²) in [5, 5.41) is 0. The van der Waals surface area contributed by atoms with E-state index in [2.05, 4.69) is 4.98 Å². The van der Waals surface area contributed by atoms with Crippen molar-refractivity contribution in [2.24, 2.45) is 5.73 Å². The number of aryl methyl sites for hydroxylation is 2. The first-order valence-electron chi connectivity index (χ1n) is 7.48. The fourth-order valence-electron chi connectivity index (χ4n) is 2.07. The van der Waals surface area contributed by atoms with Crippen LogP contribution < -0.4 is 5.73 Å². The zero-order valence-corrected chi connectivity index (χ0v) is 15.8. The van der Waals surface area contributed by atoms with Crippen LogP contribution in [-0.2, 0) is 11.2 Å². The number of halogens is 2. The molecular formula is C17H25Cl2N3O2. The Morgan fingerprint density at radius 1 is 1.29 bits per heavy atom. The normalized spacial score (nSPS) is 11.2. The molecule has 2 rings (SSSR count). The molecule has 0 bridgehead atoms. The van der Waals surface area contributed by atoms with Gasteiger partial charge in [-0.2, -0.15) is 0 Å². The molecule has 2 N–H and O–H groups in total. The first-order valence-corrected chi connectivity index (χ1v) is 7.48. The lowest BCUT2D eigenvalue weighted by Crippen LogP contribution is -2.39. The van der Waals surface area contributed by atoms with E-state index in [0.717, 1.165) is 11.3 Å². The van der Waals surface area contributed by atoms with Gasteiger partial charge in [0.2, 0.25) is 5.91 Å². The summed E-state index contributed by atoms with van der Waals surface area (Å²) in [6.07, 6.45) is 2.57. The zero-order valence-electron chi connectivity index (χ0n) is 14.2. The second-order valence-electron chi connectivity index (χ2n) is 5.57. The number of nitrogens with two attached hydrogens (primary N) is 1. The summed E-state index contributed by atoms with van der Waals surface area (Å²) in [5.41, 5.74) is 7.76. The van der Waals surface area contributed by atoms with E-state index in [9.17, 15) is 4.79 Å². The Kier molecular flexibility index (Phi) is 9.66. The number of benzene rings is 1. The predicted molar refractivity (Wildman–Crippen MR) is 101 cm³/mol. The third kappa shape index (κ3) is 5.82. The quantitative estimate of drug-likeness (QED) is 0.843. The Labute approximate surface area is 155 Å². The van der Waals surface area contributed by atoms with Crippen molar-refractivity contribution in [1.29, 1.82) is 0 Å². The summed E-state index contributed by atoms with van der Waals surface area (Å²) in [6.45, 7) is 4.43. The predicted octanol–water partition coefficient (Wildman–Crippen LogP) is 3.23. The fraction of sp³-hybridized carbons (Fsp3) is 0.412. The standard InChI is InChI=1S/C17H23N3O2.2ClH/c1-12-4-6-14(7-5-12)15-11-19-16(22-15)8-9-17(21)20(3)13(2)10-18;;/h4-7,11,13H,8-10,18H2,1-3H3;2*1H. The van der Waals surface area contributed by atoms with E-state index in [1.165, 1.54) is 5.56 Å². The van der Waals surface area contributed by atoms with Crippen molar-refractivity contribution in [3.63, 3.8) is 0 Å². The third-order valence-electron chi connectivity index (χ3n) is 3.84. The van der Waals surface area contributed by atoms with Crippen LogP contribution in [-0.4, -0.2) is 35.4 Å². The van der Waals surface area contributed by atoms with Crippen LogP contribution in [0.25, 0.3) is 11.3 Å². The lowest BCUT2D eigenvalue weighted by atomic mass is 10.1. The topological polar surface area (TPSA) is 72.4 Å². The molecular weight excluding hydrogens is 349 g/mol. The van der Waals surface area contributed by atoms with Gasteiger partial charge >= 0.3 is 0 Å². The van der Waals surface area contributed by atoms with E-state index < -0.39 is 0 Å². The molecule has 2 aromatic rings. The molecule has 0 radical (unpaired) electrons. The van der Waals surface area contributed by atoms with Gasteiger partial charge in [-0.25, -0.2) is 4.98 Å². The lowest BCUT2D eigenvalue weighted by molar-refractivity contribution is -0.131. The van der Waals surface area contributed by atoms with E-state index in [4.69, 9.17) is 10.2 Å². The lowest BCUT2D eigenvalue weighted by Gasteiger charge is -2.23. The maximum atomic E-state index is 12.0. The average molecular weight is 374 g/mol. The van der Waals surface area contributed by atoms with Gasteiger partial charge in [0.1, 0.15) is 0 Å². The number of amides is 1. The first-order chi connectivity index (χ1) is 10.5. The van der Waals surface area contributed by atoms with Gasteiger partial charge in [0.05, 0.1) is 6.20 Å². The van der Waals surface area contributed by atoms with Crippen LogP contribution in [0, 0.1) is 6.92 Å². The van der Waals surface area contributed by atoms with Gasteiger partial charge in [-0.1, -0.05) is 29.8 Å². The molecule has 24 heavy (non-hydrogen) atoms. The Hall–Kier alpha value is -1.56. The first kappa shape index (κ1) is 22.4. The zero-order chi connectivity index (χ0) is 16.1. The summed E-state index contributed by atoms with van der Waals surface area (Å²) < 4.78 is 5.72. The molecule has 1 amide bonds. The number of carbonyl (C=O) groups excluding carboxylic acids is 1. The van der Waals surface area contributed by atoms with Crippen LogP contribution in [0.1, 0.15) is 24.8 Å². The van der Waals surface area contributed by atoms with Gasteiger partial charge < -0.3 is 15.1 Å². The number of aromatic nitrogens is 1. The number of likely N-dealkylation sites (N-methyl/N-ethyl adjacent to an activating group) is 1. The Morgan fingerprint density at radius 2 is 1.92 bits per heavy atom. The van der Waals surface area contributed by atoms with Gasteiger partial charge in [0.25, 0.3) is 0 Å². The number of rotatable bonds is 6. The van der Waals surface area contributed by atoms with Crippen molar-refractivity contribution in [3.8, 4) is 11.3 Å². The average Bonchev–Trinajstić information content (AvgIpc) is 3.00. The van der Waals surface area contributed by atoms with Crippen molar-refractivity contribution in [2.75, 3.05) is 13.6 Å². The number of carbonyl (C=O) groups is 1. The molecule has 0 saturated carbocycles. The molecule has 1 aromatic carbocycles. The molecule has 0 saturated heterocycles. The number of hydrogen-bond acceptors (Lipinski definition) is 4. The van der Waals surface area contributed by atoms with Gasteiger partial charge in [-0.3, -0.25) is 4.79 Å². The second-order valence-corrected chi connectivity index (χ2v) is 5.57. The van der Waals surface area contributed by atoms with Crippen LogP contribution in [0.2, 0.25) is 0 Å². The summed E-state index contributed by atoms with van der Waals surface area (Å²) >= 11 is 0. The molecule has 1 atom stereocenters. The Morgan fingerprint density at radius 3 is 2.50 bits per heavy atom. The van der Waals surface area contributed by atoms with Gasteiger partial charge in [-0.15, -0.1) is 24.8 Å². The summed E-state index contributed by atoms with van der Waals surface area (Å²) in [7, 11) is 1.77. The van der Waals surface area contributed by atoms with Crippen molar-refractivity contribution in [2.45, 2.75) is 32.7 Å². The minimum Gasteiger partial charge on any atom is -0.441 e. The molecule has 0 aliphatic carbocycles. The Bertz CT molecular complexity index is 629. The molecule has 0 aliphatic heterocycles. The Balaban J connectivity index is 0.00000264. The highest BCUT2D eigenvalue weighted by Gasteiger charge is 2.15. The number of oxazole rings is 1. The molecule has 0 spiro atoms. The van der Waals surface area contributed by atoms with E-state index in [0.29, 0.717) is 25.3 Å². The molecule has 7 heteroatoms. The SMILES string of the molecule is Cc1ccc(-c2cnc(CCC(=O)N(C)C(C)CN)o2)cc1.Cl.Cl. The highest BCUT2D eigenvalue weighted by Crippen LogP contribution is 2.21. The third-order valence-corrected chi connectivity index (χ3v) is 3.84. The smallest absolute Gasteiger partial charge is 0.223 e.